The molecule has 1 aromatic carbocycles. The summed E-state index contributed by atoms with van der Waals surface area (Å²) in [5.74, 6) is -0.462. The lowest BCUT2D eigenvalue weighted by molar-refractivity contribution is -0.121. The van der Waals surface area contributed by atoms with Crippen molar-refractivity contribution < 1.29 is 14.7 Å². The molecule has 0 bridgehead atoms. The van der Waals surface area contributed by atoms with Crippen LogP contribution in [0.5, 0.6) is 0 Å². The Labute approximate surface area is 181 Å². The Bertz CT molecular complexity index is 734. The van der Waals surface area contributed by atoms with E-state index in [-0.39, 0.29) is 47.9 Å². The Morgan fingerprint density at radius 3 is 2.40 bits per heavy atom. The maximum atomic E-state index is 12.5. The van der Waals surface area contributed by atoms with Gasteiger partial charge in [0.25, 0.3) is 5.91 Å². The Balaban J connectivity index is 1.86. The third kappa shape index (κ3) is 7.40. The molecule has 0 spiro atoms. The van der Waals surface area contributed by atoms with Crippen molar-refractivity contribution >= 4 is 11.8 Å². The number of aliphatic hydroxyl groups is 1. The predicted octanol–water partition coefficient (Wildman–Crippen LogP) is 2.75. The van der Waals surface area contributed by atoms with Gasteiger partial charge in [0, 0.05) is 35.7 Å². The first kappa shape index (κ1) is 24.4. The van der Waals surface area contributed by atoms with Gasteiger partial charge in [-0.05, 0) is 63.1 Å². The van der Waals surface area contributed by atoms with Gasteiger partial charge in [0.2, 0.25) is 5.91 Å². The minimum Gasteiger partial charge on any atom is -0.396 e. The van der Waals surface area contributed by atoms with Crippen molar-refractivity contribution in [2.45, 2.75) is 83.8 Å². The van der Waals surface area contributed by atoms with Crippen LogP contribution in [0.3, 0.4) is 0 Å². The molecule has 6 heteroatoms. The molecule has 2 rings (SSSR count). The normalized spacial score (nSPS) is 22.4. The number of nitrogens with one attached hydrogen (secondary N) is 3. The number of benzene rings is 1. The number of hydrogen-bond acceptors (Lipinski definition) is 4. The summed E-state index contributed by atoms with van der Waals surface area (Å²) < 4.78 is 0. The zero-order valence-corrected chi connectivity index (χ0v) is 19.3. The van der Waals surface area contributed by atoms with Gasteiger partial charge in [0.05, 0.1) is 6.54 Å². The van der Waals surface area contributed by atoms with Crippen LogP contribution in [0, 0.1) is 5.92 Å². The molecular weight excluding hydrogens is 378 g/mol. The molecule has 0 aliphatic heterocycles. The number of rotatable bonds is 6. The second-order valence-electron chi connectivity index (χ2n) is 10.5. The third-order valence-corrected chi connectivity index (χ3v) is 5.60. The van der Waals surface area contributed by atoms with Crippen LogP contribution in [0.15, 0.2) is 24.3 Å². The minimum atomic E-state index is -0.256. The fourth-order valence-electron chi connectivity index (χ4n) is 4.05. The predicted molar refractivity (Wildman–Crippen MR) is 121 cm³/mol. The molecule has 1 fully saturated rings. The molecule has 0 heterocycles. The molecule has 0 saturated heterocycles. The van der Waals surface area contributed by atoms with Gasteiger partial charge in [-0.1, -0.05) is 32.9 Å². The first-order valence-corrected chi connectivity index (χ1v) is 11.0. The van der Waals surface area contributed by atoms with Crippen LogP contribution in [0.1, 0.15) is 76.7 Å². The number of aliphatic hydroxyl groups excluding tert-OH is 1. The molecule has 168 valence electrons. The van der Waals surface area contributed by atoms with Crippen LogP contribution in [-0.2, 0) is 10.2 Å². The first-order valence-electron chi connectivity index (χ1n) is 11.0. The first-order chi connectivity index (χ1) is 13.9. The van der Waals surface area contributed by atoms with E-state index in [1.54, 1.807) is 6.07 Å². The van der Waals surface area contributed by atoms with Crippen LogP contribution in [0.2, 0.25) is 0 Å². The Hall–Kier alpha value is -1.92. The van der Waals surface area contributed by atoms with Gasteiger partial charge in [0.1, 0.15) is 0 Å². The van der Waals surface area contributed by atoms with Gasteiger partial charge in [-0.15, -0.1) is 0 Å². The topological polar surface area (TPSA) is 90.5 Å². The molecule has 1 saturated carbocycles. The molecule has 0 unspecified atom stereocenters. The smallest absolute Gasteiger partial charge is 0.251 e. The van der Waals surface area contributed by atoms with Crippen molar-refractivity contribution in [2.24, 2.45) is 5.92 Å². The Morgan fingerprint density at radius 2 is 1.80 bits per heavy atom. The Morgan fingerprint density at radius 1 is 1.10 bits per heavy atom. The molecule has 2 amide bonds. The molecule has 0 aromatic heterocycles. The van der Waals surface area contributed by atoms with Crippen molar-refractivity contribution in [1.82, 2.24) is 16.0 Å². The lowest BCUT2D eigenvalue weighted by Crippen LogP contribution is -2.53. The highest BCUT2D eigenvalue weighted by molar-refractivity contribution is 5.96. The highest BCUT2D eigenvalue weighted by atomic mass is 16.3. The van der Waals surface area contributed by atoms with E-state index in [1.165, 1.54) is 0 Å². The second kappa shape index (κ2) is 9.92. The lowest BCUT2D eigenvalue weighted by atomic mass is 9.81. The number of carbonyl (C=O) groups is 2. The maximum Gasteiger partial charge on any atom is 0.251 e. The van der Waals surface area contributed by atoms with Crippen molar-refractivity contribution in [2.75, 3.05) is 13.2 Å². The summed E-state index contributed by atoms with van der Waals surface area (Å²) in [5.41, 5.74) is 1.60. The van der Waals surface area contributed by atoms with Gasteiger partial charge in [-0.2, -0.15) is 0 Å². The minimum absolute atomic E-state index is 0.0155. The van der Waals surface area contributed by atoms with Crippen molar-refractivity contribution in [3.63, 3.8) is 0 Å². The second-order valence-corrected chi connectivity index (χ2v) is 10.5. The van der Waals surface area contributed by atoms with E-state index in [0.29, 0.717) is 11.6 Å². The molecule has 6 nitrogen and oxygen atoms in total. The van der Waals surface area contributed by atoms with Gasteiger partial charge >= 0.3 is 0 Å². The third-order valence-electron chi connectivity index (χ3n) is 5.60. The van der Waals surface area contributed by atoms with E-state index in [1.807, 2.05) is 18.2 Å². The molecular formula is C24H39N3O3. The molecule has 1 aliphatic carbocycles. The summed E-state index contributed by atoms with van der Waals surface area (Å²) in [7, 11) is 0. The summed E-state index contributed by atoms with van der Waals surface area (Å²) in [6, 6.07) is 7.77. The highest BCUT2D eigenvalue weighted by Crippen LogP contribution is 2.26. The van der Waals surface area contributed by atoms with Gasteiger partial charge in [-0.3, -0.25) is 9.59 Å². The van der Waals surface area contributed by atoms with E-state index in [2.05, 4.69) is 57.5 Å². The quantitative estimate of drug-likeness (QED) is 0.573. The van der Waals surface area contributed by atoms with Crippen LogP contribution in [0.4, 0.5) is 0 Å². The summed E-state index contributed by atoms with van der Waals surface area (Å²) in [6.07, 6.45) is 2.58. The van der Waals surface area contributed by atoms with Crippen molar-refractivity contribution in [3.05, 3.63) is 35.4 Å². The fraction of sp³-hybridized carbons (Fsp3) is 0.667. The van der Waals surface area contributed by atoms with Crippen LogP contribution in [-0.4, -0.2) is 47.7 Å². The zero-order chi connectivity index (χ0) is 22.5. The van der Waals surface area contributed by atoms with E-state index in [4.69, 9.17) is 0 Å². The van der Waals surface area contributed by atoms with E-state index < -0.39 is 0 Å². The SMILES string of the molecule is CC(C)(C)N[C@@H]1CC[C@H](NC(=O)CNC(=O)c2cccc(C(C)(C)C)c2)[C@H](CO)C1. The average molecular weight is 418 g/mol. The standard InChI is InChI=1S/C24H39N3O3/c1-23(2,3)18-9-7-8-16(12-18)22(30)25-14-21(29)26-20-11-10-19(13-17(20)15-28)27-24(4,5)6/h7-9,12,17,19-20,27-28H,10-11,13-15H2,1-6H3,(H,25,30)(H,26,29)/t17-,19+,20-/m0/s1. The van der Waals surface area contributed by atoms with Crippen LogP contribution >= 0.6 is 0 Å². The van der Waals surface area contributed by atoms with Gasteiger partial charge < -0.3 is 21.1 Å². The molecule has 30 heavy (non-hydrogen) atoms. The number of hydrogen-bond donors (Lipinski definition) is 4. The van der Waals surface area contributed by atoms with Crippen LogP contribution in [0.25, 0.3) is 0 Å². The van der Waals surface area contributed by atoms with Crippen LogP contribution < -0.4 is 16.0 Å². The highest BCUT2D eigenvalue weighted by Gasteiger charge is 2.32. The maximum absolute atomic E-state index is 12.5. The molecule has 0 radical (unpaired) electrons. The lowest BCUT2D eigenvalue weighted by Gasteiger charge is -2.39. The largest absolute Gasteiger partial charge is 0.396 e. The molecule has 1 aliphatic rings. The number of amides is 2. The van der Waals surface area contributed by atoms with Gasteiger partial charge in [-0.25, -0.2) is 0 Å². The Kier molecular flexibility index (Phi) is 8.06. The van der Waals surface area contributed by atoms with E-state index in [9.17, 15) is 14.7 Å². The summed E-state index contributed by atoms with van der Waals surface area (Å²) in [6.45, 7) is 12.7. The fourth-order valence-corrected chi connectivity index (χ4v) is 4.05. The summed E-state index contributed by atoms with van der Waals surface area (Å²) in [4.78, 5) is 24.9. The average Bonchev–Trinajstić information content (AvgIpc) is 2.65. The van der Waals surface area contributed by atoms with Crippen molar-refractivity contribution in [3.8, 4) is 0 Å². The molecule has 3 atom stereocenters. The van der Waals surface area contributed by atoms with Gasteiger partial charge in [0.15, 0.2) is 0 Å². The monoisotopic (exact) mass is 417 g/mol. The summed E-state index contributed by atoms with van der Waals surface area (Å²) >= 11 is 0. The van der Waals surface area contributed by atoms with E-state index in [0.717, 1.165) is 24.8 Å². The van der Waals surface area contributed by atoms with Crippen molar-refractivity contribution in [1.29, 1.82) is 0 Å². The number of carbonyl (C=O) groups excluding carboxylic acids is 2. The molecule has 4 N–H and O–H groups in total. The molecule has 1 aromatic rings. The summed E-state index contributed by atoms with van der Waals surface area (Å²) in [5, 5.41) is 19.1. The van der Waals surface area contributed by atoms with E-state index >= 15 is 0 Å². The zero-order valence-electron chi connectivity index (χ0n) is 19.3.